The third-order valence-electron chi connectivity index (χ3n) is 4.25. The van der Waals surface area contributed by atoms with Gasteiger partial charge >= 0.3 is 0 Å². The Hall–Kier alpha value is -1.84. The summed E-state index contributed by atoms with van der Waals surface area (Å²) in [6, 6.07) is 8.03. The average Bonchev–Trinajstić information content (AvgIpc) is 3.19. The molecule has 1 N–H and O–H groups in total. The van der Waals surface area contributed by atoms with Crippen molar-refractivity contribution < 1.29 is 0 Å². The molecule has 142 valence electrons. The van der Waals surface area contributed by atoms with Gasteiger partial charge in [0.1, 0.15) is 5.82 Å². The molecule has 0 atom stereocenters. The Balaban J connectivity index is 0.00000243. The van der Waals surface area contributed by atoms with E-state index in [-0.39, 0.29) is 24.0 Å². The summed E-state index contributed by atoms with van der Waals surface area (Å²) in [7, 11) is 0. The van der Waals surface area contributed by atoms with Crippen molar-refractivity contribution in [3.8, 4) is 0 Å². The summed E-state index contributed by atoms with van der Waals surface area (Å²) in [5.74, 6) is 2.08. The zero-order chi connectivity index (χ0) is 17.3. The molecule has 0 unspecified atom stereocenters. The van der Waals surface area contributed by atoms with E-state index < -0.39 is 0 Å². The third kappa shape index (κ3) is 5.86. The number of nitrogens with zero attached hydrogens (tertiary/aromatic N) is 6. The summed E-state index contributed by atoms with van der Waals surface area (Å²) in [4.78, 5) is 13.9. The zero-order valence-corrected chi connectivity index (χ0v) is 17.6. The number of piperazine rings is 1. The number of anilines is 1. The first kappa shape index (κ1) is 20.5. The molecule has 0 spiro atoms. The van der Waals surface area contributed by atoms with Gasteiger partial charge in [-0.15, -0.1) is 24.0 Å². The minimum atomic E-state index is 0. The van der Waals surface area contributed by atoms with Crippen LogP contribution in [-0.4, -0.2) is 64.9 Å². The van der Waals surface area contributed by atoms with Crippen LogP contribution < -0.4 is 10.2 Å². The number of aryl methyl sites for hydroxylation is 1. The second-order valence-electron chi connectivity index (χ2n) is 6.02. The Kier molecular flexibility index (Phi) is 8.66. The molecule has 1 fully saturated rings. The highest BCUT2D eigenvalue weighted by Gasteiger charge is 2.20. The summed E-state index contributed by atoms with van der Waals surface area (Å²) in [5, 5.41) is 7.65. The summed E-state index contributed by atoms with van der Waals surface area (Å²) >= 11 is 0. The fourth-order valence-corrected chi connectivity index (χ4v) is 2.96. The van der Waals surface area contributed by atoms with Gasteiger partial charge in [0.2, 0.25) is 0 Å². The van der Waals surface area contributed by atoms with E-state index in [1.807, 2.05) is 41.5 Å². The highest BCUT2D eigenvalue weighted by atomic mass is 127. The van der Waals surface area contributed by atoms with E-state index >= 15 is 0 Å². The molecule has 0 aromatic carbocycles. The third-order valence-corrected chi connectivity index (χ3v) is 4.25. The van der Waals surface area contributed by atoms with Gasteiger partial charge in [-0.2, -0.15) is 5.10 Å². The lowest BCUT2D eigenvalue weighted by molar-refractivity contribution is 0.371. The number of aliphatic imine (C=N–C) groups is 1. The standard InChI is InChI=1S/C18H27N7.HI/c1-2-19-18(21-9-5-11-25-12-6-10-22-25)24-15-13-23(14-16-24)17-7-3-4-8-20-17;/h3-4,6-8,10,12H,2,5,9,11,13-16H2,1H3,(H,19,21);1H. The van der Waals surface area contributed by atoms with Crippen molar-refractivity contribution in [2.45, 2.75) is 19.9 Å². The second kappa shape index (κ2) is 11.0. The van der Waals surface area contributed by atoms with Crippen LogP contribution in [0.3, 0.4) is 0 Å². The van der Waals surface area contributed by atoms with Crippen molar-refractivity contribution in [3.05, 3.63) is 42.9 Å². The normalized spacial score (nSPS) is 14.9. The van der Waals surface area contributed by atoms with Crippen LogP contribution in [0.4, 0.5) is 5.82 Å². The van der Waals surface area contributed by atoms with Crippen LogP contribution in [0.15, 0.2) is 47.8 Å². The highest BCUT2D eigenvalue weighted by molar-refractivity contribution is 14.0. The van der Waals surface area contributed by atoms with E-state index in [4.69, 9.17) is 4.99 Å². The quantitative estimate of drug-likeness (QED) is 0.304. The van der Waals surface area contributed by atoms with Gasteiger partial charge in [-0.05, 0) is 31.5 Å². The van der Waals surface area contributed by atoms with E-state index in [9.17, 15) is 0 Å². The molecule has 1 saturated heterocycles. The molecule has 0 aliphatic carbocycles. The van der Waals surface area contributed by atoms with E-state index in [0.29, 0.717) is 0 Å². The van der Waals surface area contributed by atoms with Crippen molar-refractivity contribution in [3.63, 3.8) is 0 Å². The first-order valence-electron chi connectivity index (χ1n) is 9.03. The van der Waals surface area contributed by atoms with Gasteiger partial charge in [0.15, 0.2) is 5.96 Å². The molecule has 0 amide bonds. The largest absolute Gasteiger partial charge is 0.357 e. The van der Waals surface area contributed by atoms with Crippen molar-refractivity contribution >= 4 is 35.8 Å². The van der Waals surface area contributed by atoms with Crippen molar-refractivity contribution in [1.29, 1.82) is 0 Å². The van der Waals surface area contributed by atoms with E-state index in [1.54, 1.807) is 0 Å². The summed E-state index contributed by atoms with van der Waals surface area (Å²) < 4.78 is 1.95. The SMILES string of the molecule is CCNC(=NCCCn1cccn1)N1CCN(c2ccccn2)CC1.I. The molecule has 2 aromatic heterocycles. The summed E-state index contributed by atoms with van der Waals surface area (Å²) in [6.45, 7) is 8.57. The molecule has 0 bridgehead atoms. The number of rotatable bonds is 6. The Labute approximate surface area is 172 Å². The maximum Gasteiger partial charge on any atom is 0.194 e. The topological polar surface area (TPSA) is 61.6 Å². The lowest BCUT2D eigenvalue weighted by Gasteiger charge is -2.37. The molecule has 3 rings (SSSR count). The monoisotopic (exact) mass is 469 g/mol. The minimum absolute atomic E-state index is 0. The molecule has 2 aromatic rings. The molecule has 0 saturated carbocycles. The van der Waals surface area contributed by atoms with Crippen LogP contribution in [0.1, 0.15) is 13.3 Å². The first-order chi connectivity index (χ1) is 12.4. The number of hydrogen-bond donors (Lipinski definition) is 1. The van der Waals surface area contributed by atoms with Crippen molar-refractivity contribution in [2.75, 3.05) is 44.2 Å². The van der Waals surface area contributed by atoms with Gasteiger partial charge < -0.3 is 15.1 Å². The smallest absolute Gasteiger partial charge is 0.194 e. The van der Waals surface area contributed by atoms with Crippen LogP contribution in [-0.2, 0) is 6.54 Å². The Morgan fingerprint density at radius 3 is 2.65 bits per heavy atom. The molecular weight excluding hydrogens is 441 g/mol. The lowest BCUT2D eigenvalue weighted by atomic mass is 10.3. The van der Waals surface area contributed by atoms with E-state index in [2.05, 4.69) is 38.2 Å². The molecule has 0 radical (unpaired) electrons. The molecular formula is C18H28IN7. The number of hydrogen-bond acceptors (Lipinski definition) is 4. The maximum atomic E-state index is 4.79. The van der Waals surface area contributed by atoms with Gasteiger partial charge in [-0.1, -0.05) is 6.07 Å². The number of guanidine groups is 1. The van der Waals surface area contributed by atoms with Crippen molar-refractivity contribution in [2.24, 2.45) is 4.99 Å². The maximum absolute atomic E-state index is 4.79. The Morgan fingerprint density at radius 1 is 1.15 bits per heavy atom. The number of pyridine rings is 1. The molecule has 8 heteroatoms. The highest BCUT2D eigenvalue weighted by Crippen LogP contribution is 2.12. The lowest BCUT2D eigenvalue weighted by Crippen LogP contribution is -2.52. The van der Waals surface area contributed by atoms with E-state index in [0.717, 1.165) is 64.0 Å². The van der Waals surface area contributed by atoms with Gasteiger partial charge in [-0.3, -0.25) is 9.67 Å². The minimum Gasteiger partial charge on any atom is -0.357 e. The van der Waals surface area contributed by atoms with Crippen molar-refractivity contribution in [1.82, 2.24) is 25.0 Å². The summed E-state index contributed by atoms with van der Waals surface area (Å²) in [5.41, 5.74) is 0. The predicted octanol–water partition coefficient (Wildman–Crippen LogP) is 2.07. The first-order valence-corrected chi connectivity index (χ1v) is 9.03. The Morgan fingerprint density at radius 2 is 2.00 bits per heavy atom. The zero-order valence-electron chi connectivity index (χ0n) is 15.3. The molecule has 3 heterocycles. The van der Waals surface area contributed by atoms with Crippen LogP contribution in [0.25, 0.3) is 0 Å². The molecule has 1 aliphatic heterocycles. The fourth-order valence-electron chi connectivity index (χ4n) is 2.96. The summed E-state index contributed by atoms with van der Waals surface area (Å²) in [6.07, 6.45) is 6.65. The van der Waals surface area contributed by atoms with Gasteiger partial charge in [0.25, 0.3) is 0 Å². The van der Waals surface area contributed by atoms with Gasteiger partial charge in [0, 0.05) is 64.4 Å². The molecule has 1 aliphatic rings. The second-order valence-corrected chi connectivity index (χ2v) is 6.02. The van der Waals surface area contributed by atoms with Gasteiger partial charge in [0.05, 0.1) is 0 Å². The van der Waals surface area contributed by atoms with Crippen LogP contribution in [0, 0.1) is 0 Å². The van der Waals surface area contributed by atoms with Crippen LogP contribution >= 0.6 is 24.0 Å². The van der Waals surface area contributed by atoms with Gasteiger partial charge in [-0.25, -0.2) is 4.98 Å². The Bertz CT molecular complexity index is 637. The molecule has 26 heavy (non-hydrogen) atoms. The molecule has 7 nitrogen and oxygen atoms in total. The van der Waals surface area contributed by atoms with Crippen LogP contribution in [0.2, 0.25) is 0 Å². The average molecular weight is 469 g/mol. The van der Waals surface area contributed by atoms with E-state index in [1.165, 1.54) is 0 Å². The number of nitrogens with one attached hydrogen (secondary N) is 1. The number of halogens is 1. The number of aromatic nitrogens is 3. The van der Waals surface area contributed by atoms with Crippen LogP contribution in [0.5, 0.6) is 0 Å². The predicted molar refractivity (Wildman–Crippen MR) is 116 cm³/mol. The fraction of sp³-hybridized carbons (Fsp3) is 0.500.